The van der Waals surface area contributed by atoms with Gasteiger partial charge in [-0.2, -0.15) is 8.78 Å². The zero-order chi connectivity index (χ0) is 21.7. The van der Waals surface area contributed by atoms with Crippen molar-refractivity contribution < 1.29 is 27.8 Å². The number of hydrogen-bond donors (Lipinski definition) is 1. The Morgan fingerprint density at radius 1 is 1.23 bits per heavy atom. The predicted molar refractivity (Wildman–Crippen MR) is 110 cm³/mol. The van der Waals surface area contributed by atoms with Gasteiger partial charge in [0, 0.05) is 24.7 Å². The van der Waals surface area contributed by atoms with Crippen molar-refractivity contribution in [3.63, 3.8) is 0 Å². The number of carbonyl (C=O) groups is 2. The fourth-order valence-corrected chi connectivity index (χ4v) is 3.19. The lowest BCUT2D eigenvalue weighted by Gasteiger charge is -2.17. The number of nitrogens with one attached hydrogen (secondary N) is 1. The first-order valence-electron chi connectivity index (χ1n) is 9.09. The molecule has 158 valence electrons. The molecular weight excluding hydrogens is 418 g/mol. The summed E-state index contributed by atoms with van der Waals surface area (Å²) in [5, 5.41) is 3.01. The molecule has 0 aliphatic carbocycles. The van der Waals surface area contributed by atoms with Gasteiger partial charge in [0.25, 0.3) is 0 Å². The number of halogens is 3. The fourth-order valence-electron chi connectivity index (χ4n) is 3.03. The lowest BCUT2D eigenvalue weighted by atomic mass is 10.2. The lowest BCUT2D eigenvalue weighted by Crippen LogP contribution is -2.23. The van der Waals surface area contributed by atoms with Crippen molar-refractivity contribution in [1.82, 2.24) is 0 Å². The van der Waals surface area contributed by atoms with Crippen molar-refractivity contribution in [1.29, 1.82) is 0 Å². The fraction of sp³-hybridized carbons (Fsp3) is 0.238. The summed E-state index contributed by atoms with van der Waals surface area (Å²) in [5.41, 5.74) is 1.59. The molecule has 0 saturated carbocycles. The Bertz CT molecular complexity index is 981. The van der Waals surface area contributed by atoms with E-state index in [1.54, 1.807) is 23.1 Å². The molecule has 6 nitrogen and oxygen atoms in total. The Hall–Kier alpha value is -3.13. The highest BCUT2D eigenvalue weighted by Gasteiger charge is 2.22. The van der Waals surface area contributed by atoms with Gasteiger partial charge in [-0.25, -0.2) is 0 Å². The van der Waals surface area contributed by atoms with Crippen molar-refractivity contribution in [2.75, 3.05) is 23.9 Å². The molecular formula is C21H19ClF2N2O4. The molecule has 1 fully saturated rings. The van der Waals surface area contributed by atoms with Crippen LogP contribution in [0.3, 0.4) is 0 Å². The number of carbonyl (C=O) groups excluding carboxylic acids is 2. The first-order valence-corrected chi connectivity index (χ1v) is 9.47. The average molecular weight is 437 g/mol. The van der Waals surface area contributed by atoms with Crippen LogP contribution >= 0.6 is 11.6 Å². The second-order valence-electron chi connectivity index (χ2n) is 6.42. The van der Waals surface area contributed by atoms with E-state index < -0.39 is 12.5 Å². The molecule has 0 bridgehead atoms. The van der Waals surface area contributed by atoms with Gasteiger partial charge >= 0.3 is 6.61 Å². The van der Waals surface area contributed by atoms with E-state index in [1.807, 2.05) is 0 Å². The highest BCUT2D eigenvalue weighted by molar-refractivity contribution is 6.34. The topological polar surface area (TPSA) is 67.9 Å². The van der Waals surface area contributed by atoms with Crippen molar-refractivity contribution in [3.8, 4) is 11.5 Å². The Kier molecular flexibility index (Phi) is 6.89. The van der Waals surface area contributed by atoms with Crippen LogP contribution in [0.2, 0.25) is 5.02 Å². The number of anilines is 2. The van der Waals surface area contributed by atoms with Crippen molar-refractivity contribution in [2.45, 2.75) is 19.5 Å². The minimum absolute atomic E-state index is 0.0303. The van der Waals surface area contributed by atoms with E-state index in [2.05, 4.69) is 10.1 Å². The molecule has 0 radical (unpaired) electrons. The van der Waals surface area contributed by atoms with Gasteiger partial charge in [0.2, 0.25) is 11.8 Å². The molecule has 2 amide bonds. The van der Waals surface area contributed by atoms with Gasteiger partial charge < -0.3 is 19.7 Å². The molecule has 0 atom stereocenters. The van der Waals surface area contributed by atoms with E-state index in [-0.39, 0.29) is 17.4 Å². The van der Waals surface area contributed by atoms with Crippen LogP contribution in [0.15, 0.2) is 42.5 Å². The van der Waals surface area contributed by atoms with Crippen LogP contribution in [0.25, 0.3) is 6.08 Å². The number of ether oxygens (including phenoxy) is 2. The number of rotatable bonds is 7. The highest BCUT2D eigenvalue weighted by Crippen LogP contribution is 2.31. The molecule has 0 spiro atoms. The molecule has 9 heteroatoms. The van der Waals surface area contributed by atoms with E-state index in [0.717, 1.165) is 6.42 Å². The maximum absolute atomic E-state index is 12.4. The third kappa shape index (κ3) is 5.27. The summed E-state index contributed by atoms with van der Waals surface area (Å²) in [6, 6.07) is 9.30. The van der Waals surface area contributed by atoms with Gasteiger partial charge in [-0.1, -0.05) is 17.7 Å². The second-order valence-corrected chi connectivity index (χ2v) is 6.83. The first-order chi connectivity index (χ1) is 14.4. The Labute approximate surface area is 177 Å². The maximum atomic E-state index is 12.4. The van der Waals surface area contributed by atoms with Crippen molar-refractivity contribution in [2.24, 2.45) is 0 Å². The minimum Gasteiger partial charge on any atom is -0.493 e. The summed E-state index contributed by atoms with van der Waals surface area (Å²) >= 11 is 6.17. The van der Waals surface area contributed by atoms with E-state index >= 15 is 0 Å². The van der Waals surface area contributed by atoms with Crippen LogP contribution in [-0.2, 0) is 9.59 Å². The largest absolute Gasteiger partial charge is 0.493 e. The monoisotopic (exact) mass is 436 g/mol. The summed E-state index contributed by atoms with van der Waals surface area (Å²) < 4.78 is 34.2. The van der Waals surface area contributed by atoms with Crippen LogP contribution in [-0.4, -0.2) is 32.1 Å². The standard InChI is InChI=1S/C21H19ClF2N2O4/c1-29-18-11-13(4-8-17(18)30-21(23)24)5-9-19(27)25-16-12-14(6-7-15(16)22)26-10-2-3-20(26)28/h4-9,11-12,21H,2-3,10H2,1H3,(H,25,27)/b9-5+. The van der Waals surface area contributed by atoms with Gasteiger partial charge in [-0.15, -0.1) is 0 Å². The number of benzene rings is 2. The quantitative estimate of drug-likeness (QED) is 0.637. The molecule has 1 heterocycles. The van der Waals surface area contributed by atoms with Gasteiger partial charge in [-0.05, 0) is 48.4 Å². The number of methoxy groups -OCH3 is 1. The van der Waals surface area contributed by atoms with Crippen LogP contribution in [0.5, 0.6) is 11.5 Å². The predicted octanol–water partition coefficient (Wildman–Crippen LogP) is 4.73. The van der Waals surface area contributed by atoms with Gasteiger partial charge in [0.05, 0.1) is 17.8 Å². The molecule has 1 N–H and O–H groups in total. The van der Waals surface area contributed by atoms with Gasteiger partial charge in [0.1, 0.15) is 0 Å². The molecule has 1 saturated heterocycles. The number of nitrogens with zero attached hydrogens (tertiary/aromatic N) is 1. The summed E-state index contributed by atoms with van der Waals surface area (Å²) in [7, 11) is 1.33. The van der Waals surface area contributed by atoms with Crippen LogP contribution in [0.1, 0.15) is 18.4 Å². The third-order valence-electron chi connectivity index (χ3n) is 4.42. The van der Waals surface area contributed by atoms with E-state index in [9.17, 15) is 18.4 Å². The molecule has 3 rings (SSSR count). The number of alkyl halides is 2. The van der Waals surface area contributed by atoms with Crippen LogP contribution in [0, 0.1) is 0 Å². The summed E-state index contributed by atoms with van der Waals surface area (Å²) in [6.45, 7) is -2.34. The second kappa shape index (κ2) is 9.58. The molecule has 1 aliphatic rings. The third-order valence-corrected chi connectivity index (χ3v) is 4.75. The molecule has 30 heavy (non-hydrogen) atoms. The lowest BCUT2D eigenvalue weighted by molar-refractivity contribution is -0.117. The molecule has 0 aromatic heterocycles. The van der Waals surface area contributed by atoms with E-state index in [1.165, 1.54) is 37.5 Å². The molecule has 1 aliphatic heterocycles. The minimum atomic E-state index is -2.97. The highest BCUT2D eigenvalue weighted by atomic mass is 35.5. The average Bonchev–Trinajstić information content (AvgIpc) is 3.14. The van der Waals surface area contributed by atoms with Crippen molar-refractivity contribution in [3.05, 3.63) is 53.1 Å². The Balaban J connectivity index is 1.71. The summed E-state index contributed by atoms with van der Waals surface area (Å²) in [5.74, 6) is -0.408. The van der Waals surface area contributed by atoms with Crippen molar-refractivity contribution >= 4 is 40.9 Å². The van der Waals surface area contributed by atoms with Gasteiger partial charge in [-0.3, -0.25) is 9.59 Å². The van der Waals surface area contributed by atoms with Crippen LogP contribution < -0.4 is 19.7 Å². The number of amides is 2. The summed E-state index contributed by atoms with van der Waals surface area (Å²) in [4.78, 5) is 25.9. The van der Waals surface area contributed by atoms with E-state index in [4.69, 9.17) is 16.3 Å². The zero-order valence-electron chi connectivity index (χ0n) is 16.0. The van der Waals surface area contributed by atoms with E-state index in [0.29, 0.717) is 34.9 Å². The Morgan fingerprint density at radius 3 is 2.70 bits per heavy atom. The summed E-state index contributed by atoms with van der Waals surface area (Å²) in [6.07, 6.45) is 4.05. The Morgan fingerprint density at radius 2 is 2.03 bits per heavy atom. The molecule has 2 aromatic carbocycles. The first kappa shape index (κ1) is 21.6. The smallest absolute Gasteiger partial charge is 0.387 e. The molecule has 2 aromatic rings. The van der Waals surface area contributed by atoms with Gasteiger partial charge in [0.15, 0.2) is 11.5 Å². The zero-order valence-corrected chi connectivity index (χ0v) is 16.8. The molecule has 0 unspecified atom stereocenters. The van der Waals surface area contributed by atoms with Crippen LogP contribution in [0.4, 0.5) is 20.2 Å². The maximum Gasteiger partial charge on any atom is 0.387 e. The SMILES string of the molecule is COc1cc(/C=C/C(=O)Nc2cc(N3CCCC3=O)ccc2Cl)ccc1OC(F)F. The normalized spacial score (nSPS) is 13.9. The number of hydrogen-bond acceptors (Lipinski definition) is 4.